The van der Waals surface area contributed by atoms with Gasteiger partial charge in [0.1, 0.15) is 11.4 Å². The molecule has 0 atom stereocenters. The lowest BCUT2D eigenvalue weighted by Crippen LogP contribution is -2.26. The number of aromatic nitrogens is 3. The standard InChI is InChI=1S/C22H22F3N7O3S/c1-12-18(32(2)36(3,34)35)6-13(9-26-12)10-27-20-16(22(23,24)25)11-28-21(31-20)29-15-4-5-17-14(7-15)8-19(33)30-17/h4-7,9,11H,8,10H2,1-3H3,(H,30,33)(H2,27,28,29,31). The normalized spacial score (nSPS) is 13.2. The number of alkyl halides is 3. The maximum atomic E-state index is 13.6. The first-order valence-electron chi connectivity index (χ1n) is 10.6. The van der Waals surface area contributed by atoms with E-state index >= 15 is 0 Å². The molecule has 0 radical (unpaired) electrons. The molecule has 0 spiro atoms. The van der Waals surface area contributed by atoms with Gasteiger partial charge in [0.2, 0.25) is 21.9 Å². The summed E-state index contributed by atoms with van der Waals surface area (Å²) >= 11 is 0. The monoisotopic (exact) mass is 521 g/mol. The Morgan fingerprint density at radius 1 is 1.17 bits per heavy atom. The molecule has 190 valence electrons. The SMILES string of the molecule is Cc1ncc(CNc2nc(Nc3ccc4c(c3)CC(=O)N4)ncc2C(F)(F)F)cc1N(C)S(C)(=O)=O. The molecule has 0 saturated carbocycles. The smallest absolute Gasteiger partial charge is 0.365 e. The molecule has 1 aliphatic heterocycles. The van der Waals surface area contributed by atoms with E-state index in [1.54, 1.807) is 25.1 Å². The summed E-state index contributed by atoms with van der Waals surface area (Å²) in [7, 11) is -2.19. The molecule has 36 heavy (non-hydrogen) atoms. The summed E-state index contributed by atoms with van der Waals surface area (Å²) in [6.45, 7) is 1.52. The van der Waals surface area contributed by atoms with Gasteiger partial charge in [-0.05, 0) is 42.3 Å². The number of nitrogens with one attached hydrogen (secondary N) is 3. The second kappa shape index (κ2) is 9.26. The van der Waals surface area contributed by atoms with Crippen molar-refractivity contribution >= 4 is 44.8 Å². The van der Waals surface area contributed by atoms with E-state index in [0.29, 0.717) is 34.5 Å². The second-order valence-electron chi connectivity index (χ2n) is 8.21. The number of rotatable bonds is 7. The molecule has 3 aromatic rings. The molecule has 1 amide bonds. The van der Waals surface area contributed by atoms with Crippen LogP contribution in [0.3, 0.4) is 0 Å². The van der Waals surface area contributed by atoms with Crippen LogP contribution in [0.1, 0.15) is 22.4 Å². The zero-order valence-corrected chi connectivity index (χ0v) is 20.3. The third-order valence-electron chi connectivity index (χ3n) is 5.49. The van der Waals surface area contributed by atoms with Crippen molar-refractivity contribution in [2.45, 2.75) is 26.1 Å². The molecule has 0 aliphatic carbocycles. The van der Waals surface area contributed by atoms with Crippen molar-refractivity contribution in [3.63, 3.8) is 0 Å². The number of hydrogen-bond donors (Lipinski definition) is 3. The first-order chi connectivity index (χ1) is 16.8. The lowest BCUT2D eigenvalue weighted by Gasteiger charge is -2.19. The predicted octanol–water partition coefficient (Wildman–Crippen LogP) is 3.44. The van der Waals surface area contributed by atoms with Crippen molar-refractivity contribution in [2.75, 3.05) is 33.6 Å². The number of pyridine rings is 1. The Morgan fingerprint density at radius 3 is 2.61 bits per heavy atom. The molecular formula is C22H22F3N7O3S. The van der Waals surface area contributed by atoms with E-state index in [1.165, 1.54) is 19.3 Å². The maximum Gasteiger partial charge on any atom is 0.421 e. The predicted molar refractivity (Wildman–Crippen MR) is 129 cm³/mol. The first kappa shape index (κ1) is 25.2. The average molecular weight is 522 g/mol. The van der Waals surface area contributed by atoms with Gasteiger partial charge in [0.15, 0.2) is 0 Å². The molecular weight excluding hydrogens is 499 g/mol. The summed E-state index contributed by atoms with van der Waals surface area (Å²) in [4.78, 5) is 23.5. The summed E-state index contributed by atoms with van der Waals surface area (Å²) < 4.78 is 65.7. The van der Waals surface area contributed by atoms with Gasteiger partial charge in [-0.3, -0.25) is 14.1 Å². The maximum absolute atomic E-state index is 13.6. The Morgan fingerprint density at radius 2 is 1.92 bits per heavy atom. The van der Waals surface area contributed by atoms with Crippen LogP contribution >= 0.6 is 0 Å². The Labute approximate surface area is 205 Å². The van der Waals surface area contributed by atoms with Crippen molar-refractivity contribution in [1.29, 1.82) is 0 Å². The highest BCUT2D eigenvalue weighted by molar-refractivity contribution is 7.92. The summed E-state index contributed by atoms with van der Waals surface area (Å²) in [5.41, 5.74) is 2.07. The zero-order chi connectivity index (χ0) is 26.3. The Bertz CT molecular complexity index is 1450. The van der Waals surface area contributed by atoms with Crippen LogP contribution in [0.15, 0.2) is 36.7 Å². The van der Waals surface area contributed by atoms with E-state index in [4.69, 9.17) is 0 Å². The zero-order valence-electron chi connectivity index (χ0n) is 19.4. The van der Waals surface area contributed by atoms with E-state index < -0.39 is 27.6 Å². The minimum Gasteiger partial charge on any atom is -0.365 e. The van der Waals surface area contributed by atoms with E-state index in [9.17, 15) is 26.4 Å². The van der Waals surface area contributed by atoms with Crippen LogP contribution in [-0.4, -0.2) is 42.6 Å². The third-order valence-corrected chi connectivity index (χ3v) is 6.69. The van der Waals surface area contributed by atoms with E-state index in [-0.39, 0.29) is 24.8 Å². The van der Waals surface area contributed by atoms with Gasteiger partial charge in [-0.1, -0.05) is 0 Å². The summed E-state index contributed by atoms with van der Waals surface area (Å²) in [5.74, 6) is -0.685. The van der Waals surface area contributed by atoms with Crippen molar-refractivity contribution in [2.24, 2.45) is 0 Å². The highest BCUT2D eigenvalue weighted by Crippen LogP contribution is 2.35. The molecule has 14 heteroatoms. The number of fused-ring (bicyclic) bond motifs is 1. The minimum absolute atomic E-state index is 0.0812. The topological polar surface area (TPSA) is 129 Å². The fourth-order valence-corrected chi connectivity index (χ4v) is 4.11. The molecule has 0 fully saturated rings. The molecule has 0 saturated heterocycles. The summed E-state index contributed by atoms with van der Waals surface area (Å²) in [5, 5.41) is 8.22. The van der Waals surface area contributed by atoms with Gasteiger partial charge in [0, 0.05) is 37.4 Å². The molecule has 1 aromatic carbocycles. The number of carbonyl (C=O) groups is 1. The van der Waals surface area contributed by atoms with Crippen LogP contribution in [0.2, 0.25) is 0 Å². The van der Waals surface area contributed by atoms with Crippen LogP contribution in [0.25, 0.3) is 0 Å². The molecule has 3 heterocycles. The summed E-state index contributed by atoms with van der Waals surface area (Å²) in [6.07, 6.45) is -1.36. The van der Waals surface area contributed by atoms with Gasteiger partial charge in [0.25, 0.3) is 0 Å². The number of aryl methyl sites for hydroxylation is 1. The molecule has 3 N–H and O–H groups in total. The van der Waals surface area contributed by atoms with Gasteiger partial charge < -0.3 is 16.0 Å². The molecule has 0 unspecified atom stereocenters. The Hall–Kier alpha value is -3.94. The number of carbonyl (C=O) groups excluding carboxylic acids is 1. The van der Waals surface area contributed by atoms with Crippen LogP contribution in [0, 0.1) is 6.92 Å². The molecule has 0 bridgehead atoms. The van der Waals surface area contributed by atoms with Crippen molar-refractivity contribution in [3.8, 4) is 0 Å². The van der Waals surface area contributed by atoms with Crippen molar-refractivity contribution in [3.05, 3.63) is 59.0 Å². The minimum atomic E-state index is -4.71. The Kier molecular flexibility index (Phi) is 6.47. The lowest BCUT2D eigenvalue weighted by molar-refractivity contribution is -0.137. The van der Waals surface area contributed by atoms with Gasteiger partial charge in [-0.2, -0.15) is 18.2 Å². The fourth-order valence-electron chi connectivity index (χ4n) is 3.56. The molecule has 10 nitrogen and oxygen atoms in total. The number of anilines is 5. The summed E-state index contributed by atoms with van der Waals surface area (Å²) in [6, 6.07) is 6.56. The van der Waals surface area contributed by atoms with Gasteiger partial charge >= 0.3 is 6.18 Å². The van der Waals surface area contributed by atoms with Crippen LogP contribution in [-0.2, 0) is 34.0 Å². The highest BCUT2D eigenvalue weighted by Gasteiger charge is 2.35. The molecule has 1 aliphatic rings. The van der Waals surface area contributed by atoms with Crippen LogP contribution in [0.5, 0.6) is 0 Å². The number of halogens is 3. The van der Waals surface area contributed by atoms with E-state index in [0.717, 1.165) is 16.1 Å². The fraction of sp³-hybridized carbons (Fsp3) is 0.273. The average Bonchev–Trinajstić information content (AvgIpc) is 3.16. The van der Waals surface area contributed by atoms with Gasteiger partial charge in [0.05, 0.1) is 24.1 Å². The first-order valence-corrected chi connectivity index (χ1v) is 12.4. The third kappa shape index (κ3) is 5.48. The highest BCUT2D eigenvalue weighted by atomic mass is 32.2. The Balaban J connectivity index is 1.59. The quantitative estimate of drug-likeness (QED) is 0.431. The largest absolute Gasteiger partial charge is 0.421 e. The second-order valence-corrected chi connectivity index (χ2v) is 10.2. The van der Waals surface area contributed by atoms with Crippen molar-refractivity contribution in [1.82, 2.24) is 15.0 Å². The number of nitrogens with zero attached hydrogens (tertiary/aromatic N) is 4. The van der Waals surface area contributed by atoms with Crippen LogP contribution < -0.4 is 20.3 Å². The lowest BCUT2D eigenvalue weighted by atomic mass is 10.1. The van der Waals surface area contributed by atoms with E-state index in [2.05, 4.69) is 30.9 Å². The van der Waals surface area contributed by atoms with E-state index in [1.807, 2.05) is 0 Å². The number of amides is 1. The van der Waals surface area contributed by atoms with Crippen LogP contribution in [0.4, 0.5) is 42.0 Å². The number of benzene rings is 1. The number of sulfonamides is 1. The van der Waals surface area contributed by atoms with Crippen molar-refractivity contribution < 1.29 is 26.4 Å². The number of hydrogen-bond acceptors (Lipinski definition) is 8. The molecule has 2 aromatic heterocycles. The van der Waals surface area contributed by atoms with Gasteiger partial charge in [-0.25, -0.2) is 13.4 Å². The van der Waals surface area contributed by atoms with Gasteiger partial charge in [-0.15, -0.1) is 0 Å². The molecule has 4 rings (SSSR count).